The van der Waals surface area contributed by atoms with Crippen LogP contribution in [0.5, 0.6) is 0 Å². The van der Waals surface area contributed by atoms with Gasteiger partial charge in [0.2, 0.25) is 0 Å². The second kappa shape index (κ2) is 6.25. The average molecular weight is 307 g/mol. The summed E-state index contributed by atoms with van der Waals surface area (Å²) < 4.78 is 0. The Kier molecular flexibility index (Phi) is 4.39. The van der Waals surface area contributed by atoms with Crippen molar-refractivity contribution in [3.8, 4) is 10.6 Å². The van der Waals surface area contributed by atoms with Crippen molar-refractivity contribution >= 4 is 22.9 Å². The molecule has 106 valence electrons. The predicted octanol–water partition coefficient (Wildman–Crippen LogP) is 4.84. The van der Waals surface area contributed by atoms with E-state index in [1.54, 1.807) is 0 Å². The molecule has 1 heterocycles. The van der Waals surface area contributed by atoms with Crippen LogP contribution >= 0.6 is 22.9 Å². The van der Waals surface area contributed by atoms with Gasteiger partial charge < -0.3 is 5.32 Å². The number of thiazole rings is 1. The van der Waals surface area contributed by atoms with E-state index in [0.717, 1.165) is 28.6 Å². The molecule has 0 aliphatic heterocycles. The highest BCUT2D eigenvalue weighted by Crippen LogP contribution is 2.38. The summed E-state index contributed by atoms with van der Waals surface area (Å²) in [6.45, 7) is 3.29. The number of benzene rings is 1. The molecule has 0 saturated carbocycles. The zero-order valence-corrected chi connectivity index (χ0v) is 13.2. The van der Waals surface area contributed by atoms with Crippen molar-refractivity contribution in [3.05, 3.63) is 39.9 Å². The Hall–Kier alpha value is -0.900. The summed E-state index contributed by atoms with van der Waals surface area (Å²) in [7, 11) is 0. The lowest BCUT2D eigenvalue weighted by atomic mass is 9.98. The largest absolute Gasteiger partial charge is 0.309 e. The Bertz CT molecular complexity index is 594. The van der Waals surface area contributed by atoms with Gasteiger partial charge >= 0.3 is 0 Å². The van der Waals surface area contributed by atoms with Gasteiger partial charge in [0.1, 0.15) is 5.01 Å². The van der Waals surface area contributed by atoms with E-state index in [2.05, 4.69) is 18.3 Å². The Morgan fingerprint density at radius 1 is 1.45 bits per heavy atom. The first-order valence-corrected chi connectivity index (χ1v) is 8.46. The number of hydrogen-bond donors (Lipinski definition) is 1. The minimum absolute atomic E-state index is 0.490. The van der Waals surface area contributed by atoms with Crippen LogP contribution < -0.4 is 5.32 Å². The fraction of sp³-hybridized carbons (Fsp3) is 0.438. The molecule has 1 atom stereocenters. The lowest BCUT2D eigenvalue weighted by molar-refractivity contribution is 0.465. The molecule has 0 spiro atoms. The topological polar surface area (TPSA) is 24.9 Å². The van der Waals surface area contributed by atoms with Gasteiger partial charge in [0, 0.05) is 21.5 Å². The summed E-state index contributed by atoms with van der Waals surface area (Å²) in [5.41, 5.74) is 2.41. The van der Waals surface area contributed by atoms with Crippen molar-refractivity contribution in [2.75, 3.05) is 6.54 Å². The molecule has 0 amide bonds. The van der Waals surface area contributed by atoms with E-state index in [0.29, 0.717) is 6.04 Å². The maximum absolute atomic E-state index is 6.08. The number of nitrogens with zero attached hydrogens (tertiary/aromatic N) is 1. The van der Waals surface area contributed by atoms with Crippen molar-refractivity contribution in [3.63, 3.8) is 0 Å². The third-order valence-corrected chi connectivity index (χ3v) is 5.16. The van der Waals surface area contributed by atoms with E-state index < -0.39 is 0 Å². The van der Waals surface area contributed by atoms with Crippen LogP contribution in [0.3, 0.4) is 0 Å². The number of hydrogen-bond acceptors (Lipinski definition) is 3. The van der Waals surface area contributed by atoms with Crippen LogP contribution in [0.15, 0.2) is 24.3 Å². The van der Waals surface area contributed by atoms with Gasteiger partial charge in [-0.05, 0) is 44.4 Å². The second-order valence-electron chi connectivity index (χ2n) is 5.24. The van der Waals surface area contributed by atoms with E-state index in [4.69, 9.17) is 16.6 Å². The first-order chi connectivity index (χ1) is 9.78. The van der Waals surface area contributed by atoms with Crippen molar-refractivity contribution in [1.82, 2.24) is 10.3 Å². The number of halogens is 1. The van der Waals surface area contributed by atoms with Crippen LogP contribution in [0, 0.1) is 0 Å². The quantitative estimate of drug-likeness (QED) is 0.874. The Morgan fingerprint density at radius 2 is 2.35 bits per heavy atom. The molecule has 2 nitrogen and oxygen atoms in total. The van der Waals surface area contributed by atoms with Crippen LogP contribution in [0.1, 0.15) is 42.8 Å². The zero-order chi connectivity index (χ0) is 13.9. The van der Waals surface area contributed by atoms with E-state index in [-0.39, 0.29) is 0 Å². The van der Waals surface area contributed by atoms with Gasteiger partial charge in [0.25, 0.3) is 0 Å². The fourth-order valence-corrected chi connectivity index (χ4v) is 4.09. The summed E-state index contributed by atoms with van der Waals surface area (Å²) in [6.07, 6.45) is 4.74. The maximum Gasteiger partial charge on any atom is 0.123 e. The lowest BCUT2D eigenvalue weighted by Gasteiger charge is -2.22. The molecule has 1 aliphatic carbocycles. The van der Waals surface area contributed by atoms with E-state index in [1.807, 2.05) is 29.5 Å². The Morgan fingerprint density at radius 3 is 3.15 bits per heavy atom. The number of fused-ring (bicyclic) bond motifs is 1. The number of nitrogens with one attached hydrogen (secondary N) is 1. The monoisotopic (exact) mass is 306 g/mol. The molecule has 0 fully saturated rings. The second-order valence-corrected chi connectivity index (χ2v) is 6.71. The van der Waals surface area contributed by atoms with E-state index in [1.165, 1.54) is 29.8 Å². The van der Waals surface area contributed by atoms with Crippen LogP contribution in [0.2, 0.25) is 5.02 Å². The molecule has 0 radical (unpaired) electrons. The first kappa shape index (κ1) is 14.1. The molecular formula is C16H19ClN2S. The van der Waals surface area contributed by atoms with E-state index >= 15 is 0 Å². The van der Waals surface area contributed by atoms with Gasteiger partial charge in [-0.1, -0.05) is 30.7 Å². The molecular weight excluding hydrogens is 288 g/mol. The van der Waals surface area contributed by atoms with Crippen LogP contribution in [0.4, 0.5) is 0 Å². The van der Waals surface area contributed by atoms with Crippen LogP contribution in [-0.4, -0.2) is 11.5 Å². The smallest absolute Gasteiger partial charge is 0.123 e. The third-order valence-electron chi connectivity index (χ3n) is 3.66. The normalized spacial score (nSPS) is 18.0. The summed E-state index contributed by atoms with van der Waals surface area (Å²) in [6, 6.07) is 8.48. The molecule has 4 heteroatoms. The molecule has 0 saturated heterocycles. The Balaban J connectivity index is 1.91. The van der Waals surface area contributed by atoms with Crippen LogP contribution in [-0.2, 0) is 6.42 Å². The zero-order valence-electron chi connectivity index (χ0n) is 11.7. The predicted molar refractivity (Wildman–Crippen MR) is 86.5 cm³/mol. The average Bonchev–Trinajstić information content (AvgIpc) is 2.89. The minimum Gasteiger partial charge on any atom is -0.309 e. The summed E-state index contributed by atoms with van der Waals surface area (Å²) in [5, 5.41) is 5.52. The SMILES string of the molecule is CCCNC1CCCc2nc(-c3cccc(Cl)c3)sc21. The van der Waals surface area contributed by atoms with Gasteiger partial charge in [-0.3, -0.25) is 0 Å². The maximum atomic E-state index is 6.08. The third kappa shape index (κ3) is 2.90. The Labute approximate surface area is 129 Å². The lowest BCUT2D eigenvalue weighted by Crippen LogP contribution is -2.24. The van der Waals surface area contributed by atoms with Crippen molar-refractivity contribution in [1.29, 1.82) is 0 Å². The van der Waals surface area contributed by atoms with Gasteiger partial charge in [-0.25, -0.2) is 4.98 Å². The number of aryl methyl sites for hydroxylation is 1. The molecule has 20 heavy (non-hydrogen) atoms. The standard InChI is InChI=1S/C16H19ClN2S/c1-2-9-18-13-7-4-8-14-15(13)20-16(19-14)11-5-3-6-12(17)10-11/h3,5-6,10,13,18H,2,4,7-9H2,1H3. The molecule has 1 aromatic heterocycles. The summed E-state index contributed by atoms with van der Waals surface area (Å²) in [4.78, 5) is 6.27. The summed E-state index contributed by atoms with van der Waals surface area (Å²) in [5.74, 6) is 0. The fourth-order valence-electron chi connectivity index (χ4n) is 2.68. The van der Waals surface area contributed by atoms with Crippen LogP contribution in [0.25, 0.3) is 10.6 Å². The molecule has 1 aromatic carbocycles. The minimum atomic E-state index is 0.490. The van der Waals surface area contributed by atoms with E-state index in [9.17, 15) is 0 Å². The van der Waals surface area contributed by atoms with Gasteiger partial charge in [-0.2, -0.15) is 0 Å². The number of aromatic nitrogens is 1. The van der Waals surface area contributed by atoms with Gasteiger partial charge in [0.05, 0.1) is 5.69 Å². The first-order valence-electron chi connectivity index (χ1n) is 7.27. The molecule has 1 aliphatic rings. The molecule has 1 unspecified atom stereocenters. The molecule has 3 rings (SSSR count). The number of rotatable bonds is 4. The molecule has 0 bridgehead atoms. The van der Waals surface area contributed by atoms with Crippen molar-refractivity contribution in [2.45, 2.75) is 38.6 Å². The molecule has 2 aromatic rings. The highest BCUT2D eigenvalue weighted by molar-refractivity contribution is 7.15. The van der Waals surface area contributed by atoms with Gasteiger partial charge in [-0.15, -0.1) is 11.3 Å². The highest BCUT2D eigenvalue weighted by Gasteiger charge is 2.24. The highest BCUT2D eigenvalue weighted by atomic mass is 35.5. The van der Waals surface area contributed by atoms with Gasteiger partial charge in [0.15, 0.2) is 0 Å². The summed E-state index contributed by atoms with van der Waals surface area (Å²) >= 11 is 7.91. The molecule has 1 N–H and O–H groups in total. The van der Waals surface area contributed by atoms with Crippen molar-refractivity contribution < 1.29 is 0 Å². The van der Waals surface area contributed by atoms with Crippen molar-refractivity contribution in [2.24, 2.45) is 0 Å².